The van der Waals surface area contributed by atoms with E-state index in [0.29, 0.717) is 15.8 Å². The van der Waals surface area contributed by atoms with E-state index < -0.39 is 15.8 Å². The van der Waals surface area contributed by atoms with Crippen LogP contribution in [0.1, 0.15) is 13.8 Å². The van der Waals surface area contributed by atoms with Crippen LogP contribution in [0, 0.1) is 5.82 Å². The Morgan fingerprint density at radius 3 is 2.43 bits per heavy atom. The van der Waals surface area contributed by atoms with Gasteiger partial charge in [0.15, 0.2) is 5.82 Å². The van der Waals surface area contributed by atoms with Gasteiger partial charge in [-0.1, -0.05) is 28.1 Å². The maximum atomic E-state index is 14.5. The van der Waals surface area contributed by atoms with Crippen LogP contribution in [0.2, 0.25) is 0 Å². The lowest BCUT2D eigenvalue weighted by molar-refractivity contribution is 0.222. The lowest BCUT2D eigenvalue weighted by Gasteiger charge is -2.13. The van der Waals surface area contributed by atoms with Crippen molar-refractivity contribution in [2.24, 2.45) is 0 Å². The Kier molecular flexibility index (Phi) is 7.08. The molecule has 8 nitrogen and oxygen atoms in total. The number of nitrogens with one attached hydrogen (secondary N) is 1. The number of benzene rings is 3. The van der Waals surface area contributed by atoms with E-state index >= 15 is 0 Å². The van der Waals surface area contributed by atoms with E-state index in [1.807, 2.05) is 13.8 Å². The molecule has 4 aromatic rings. The first kappa shape index (κ1) is 24.7. The van der Waals surface area contributed by atoms with Crippen LogP contribution < -0.4 is 14.2 Å². The van der Waals surface area contributed by atoms with Crippen LogP contribution in [-0.4, -0.2) is 36.4 Å². The Morgan fingerprint density at radius 1 is 1.06 bits per heavy atom. The largest absolute Gasteiger partial charge is 0.495 e. The summed E-state index contributed by atoms with van der Waals surface area (Å²) in [6.07, 6.45) is -0.175. The molecule has 0 spiro atoms. The summed E-state index contributed by atoms with van der Waals surface area (Å²) < 4.78 is 55.9. The van der Waals surface area contributed by atoms with Crippen molar-refractivity contribution in [3.63, 3.8) is 0 Å². The van der Waals surface area contributed by atoms with E-state index in [0.717, 1.165) is 0 Å². The highest BCUT2D eigenvalue weighted by Gasteiger charge is 2.21. The Balaban J connectivity index is 1.68. The third kappa shape index (κ3) is 5.46. The molecule has 0 amide bonds. The third-order valence-corrected chi connectivity index (χ3v) is 6.72. The van der Waals surface area contributed by atoms with Crippen molar-refractivity contribution in [2.45, 2.75) is 24.8 Å². The zero-order valence-electron chi connectivity index (χ0n) is 19.1. The molecule has 0 atom stereocenters. The van der Waals surface area contributed by atoms with E-state index in [2.05, 4.69) is 30.7 Å². The second-order valence-corrected chi connectivity index (χ2v) is 10.3. The van der Waals surface area contributed by atoms with Crippen LogP contribution in [0.5, 0.6) is 11.8 Å². The molecule has 0 unspecified atom stereocenters. The molecular weight excluding hydrogens is 539 g/mol. The summed E-state index contributed by atoms with van der Waals surface area (Å²) in [5.41, 5.74) is 1.12. The predicted molar refractivity (Wildman–Crippen MR) is 134 cm³/mol. The summed E-state index contributed by atoms with van der Waals surface area (Å²) in [4.78, 5) is 4.36. The number of sulfonamides is 1. The number of hydrogen-bond donors (Lipinski definition) is 1. The van der Waals surface area contributed by atoms with Crippen molar-refractivity contribution in [3.05, 3.63) is 77.0 Å². The van der Waals surface area contributed by atoms with E-state index in [1.54, 1.807) is 54.6 Å². The molecule has 0 aliphatic heterocycles. The molecule has 3 aromatic carbocycles. The van der Waals surface area contributed by atoms with Crippen LogP contribution in [0.4, 0.5) is 10.1 Å². The van der Waals surface area contributed by atoms with Crippen LogP contribution >= 0.6 is 15.9 Å². The maximum Gasteiger partial charge on any atom is 0.336 e. The fourth-order valence-corrected chi connectivity index (χ4v) is 5.06. The Labute approximate surface area is 210 Å². The van der Waals surface area contributed by atoms with Crippen molar-refractivity contribution in [2.75, 3.05) is 11.8 Å². The standard InChI is InChI=1S/C24H22BrFN4O4S/c1-15(2)34-24-27-23(19-6-4-5-7-20(19)26)30(28-24)18-11-9-17(10-12-18)29-35(31,32)22-14-16(25)8-13-21(22)33-3/h4-15,29H,1-3H3. The molecule has 11 heteroatoms. The number of hydrogen-bond acceptors (Lipinski definition) is 6. The zero-order valence-corrected chi connectivity index (χ0v) is 21.5. The summed E-state index contributed by atoms with van der Waals surface area (Å²) >= 11 is 3.29. The van der Waals surface area contributed by atoms with Crippen molar-refractivity contribution >= 4 is 31.6 Å². The lowest BCUT2D eigenvalue weighted by Crippen LogP contribution is -2.14. The van der Waals surface area contributed by atoms with E-state index in [4.69, 9.17) is 9.47 Å². The first-order valence-corrected chi connectivity index (χ1v) is 12.8. The smallest absolute Gasteiger partial charge is 0.336 e. The highest BCUT2D eigenvalue weighted by molar-refractivity contribution is 9.10. The second-order valence-electron chi connectivity index (χ2n) is 7.72. The molecule has 35 heavy (non-hydrogen) atoms. The van der Waals surface area contributed by atoms with Crippen LogP contribution in [0.3, 0.4) is 0 Å². The number of rotatable bonds is 8. The maximum absolute atomic E-state index is 14.5. The van der Waals surface area contributed by atoms with Gasteiger partial charge in [-0.2, -0.15) is 4.98 Å². The molecule has 182 valence electrons. The monoisotopic (exact) mass is 560 g/mol. The molecule has 1 aromatic heterocycles. The van der Waals surface area contributed by atoms with Gasteiger partial charge in [0.1, 0.15) is 16.5 Å². The fourth-order valence-electron chi connectivity index (χ4n) is 3.29. The van der Waals surface area contributed by atoms with Gasteiger partial charge < -0.3 is 9.47 Å². The normalized spacial score (nSPS) is 11.5. The molecule has 1 N–H and O–H groups in total. The minimum Gasteiger partial charge on any atom is -0.495 e. The van der Waals surface area contributed by atoms with Gasteiger partial charge in [0.25, 0.3) is 10.0 Å². The molecule has 0 aliphatic rings. The summed E-state index contributed by atoms with van der Waals surface area (Å²) in [6, 6.07) is 17.5. The molecule has 0 fully saturated rings. The molecule has 0 bridgehead atoms. The van der Waals surface area contributed by atoms with Crippen molar-refractivity contribution in [1.29, 1.82) is 0 Å². The number of aromatic nitrogens is 3. The first-order chi connectivity index (χ1) is 16.7. The number of methoxy groups -OCH3 is 1. The van der Waals surface area contributed by atoms with Crippen molar-refractivity contribution in [3.8, 4) is 28.8 Å². The van der Waals surface area contributed by atoms with Gasteiger partial charge in [-0.3, -0.25) is 4.72 Å². The average Bonchev–Trinajstić information content (AvgIpc) is 3.22. The summed E-state index contributed by atoms with van der Waals surface area (Å²) in [7, 11) is -2.53. The van der Waals surface area contributed by atoms with Gasteiger partial charge in [0.2, 0.25) is 0 Å². The Bertz CT molecular complexity index is 1460. The van der Waals surface area contributed by atoms with Gasteiger partial charge in [0, 0.05) is 10.2 Å². The van der Waals surface area contributed by atoms with Gasteiger partial charge >= 0.3 is 6.01 Å². The van der Waals surface area contributed by atoms with Gasteiger partial charge in [-0.25, -0.2) is 17.5 Å². The van der Waals surface area contributed by atoms with Gasteiger partial charge in [0.05, 0.1) is 24.5 Å². The first-order valence-electron chi connectivity index (χ1n) is 10.5. The quantitative estimate of drug-likeness (QED) is 0.308. The van der Waals surface area contributed by atoms with Crippen LogP contribution in [-0.2, 0) is 10.0 Å². The highest BCUT2D eigenvalue weighted by atomic mass is 79.9. The molecule has 4 rings (SSSR count). The molecule has 1 heterocycles. The van der Waals surface area contributed by atoms with Crippen molar-refractivity contribution in [1.82, 2.24) is 14.8 Å². The highest BCUT2D eigenvalue weighted by Crippen LogP contribution is 2.30. The van der Waals surface area contributed by atoms with Crippen molar-refractivity contribution < 1.29 is 22.3 Å². The summed E-state index contributed by atoms with van der Waals surface area (Å²) in [5, 5.41) is 4.38. The zero-order chi connectivity index (χ0) is 25.2. The van der Waals surface area contributed by atoms with Crippen LogP contribution in [0.15, 0.2) is 76.1 Å². The predicted octanol–water partition coefficient (Wildman–Crippen LogP) is 5.43. The molecule has 0 saturated heterocycles. The molecule has 0 radical (unpaired) electrons. The number of ether oxygens (including phenoxy) is 2. The molecule has 0 saturated carbocycles. The van der Waals surface area contributed by atoms with E-state index in [-0.39, 0.29) is 34.1 Å². The number of halogens is 2. The summed E-state index contributed by atoms with van der Waals surface area (Å²) in [5.74, 6) is 0.0164. The topological polar surface area (TPSA) is 95.3 Å². The van der Waals surface area contributed by atoms with E-state index in [9.17, 15) is 12.8 Å². The average molecular weight is 561 g/mol. The van der Waals surface area contributed by atoms with Gasteiger partial charge in [-0.15, -0.1) is 5.10 Å². The Morgan fingerprint density at radius 2 is 1.77 bits per heavy atom. The van der Waals surface area contributed by atoms with Gasteiger partial charge in [-0.05, 0) is 68.4 Å². The molecular formula is C24H22BrFN4O4S. The molecule has 0 aliphatic carbocycles. The fraction of sp³-hybridized carbons (Fsp3) is 0.167. The third-order valence-electron chi connectivity index (χ3n) is 4.82. The SMILES string of the molecule is COc1ccc(Br)cc1S(=O)(=O)Nc1ccc(-n2nc(OC(C)C)nc2-c2ccccc2F)cc1. The minimum absolute atomic E-state index is 0.00737. The minimum atomic E-state index is -3.93. The van der Waals surface area contributed by atoms with E-state index in [1.165, 1.54) is 23.9 Å². The second kappa shape index (κ2) is 10.0. The Hall–Kier alpha value is -3.44. The lowest BCUT2D eigenvalue weighted by atomic mass is 10.2. The number of anilines is 1. The van der Waals surface area contributed by atoms with Crippen LogP contribution in [0.25, 0.3) is 17.1 Å². The summed E-state index contributed by atoms with van der Waals surface area (Å²) in [6.45, 7) is 3.68. The number of nitrogens with zero attached hydrogens (tertiary/aromatic N) is 3.